The van der Waals surface area contributed by atoms with E-state index in [9.17, 15) is 13.2 Å². The molecule has 0 radical (unpaired) electrons. The maximum Gasteiger partial charge on any atom is 0.320 e. The number of hydrogen-bond donors (Lipinski definition) is 0. The van der Waals surface area contributed by atoms with E-state index in [0.29, 0.717) is 39.5 Å². The molecule has 2 fully saturated rings. The van der Waals surface area contributed by atoms with Crippen LogP contribution in [0.15, 0.2) is 23.1 Å². The summed E-state index contributed by atoms with van der Waals surface area (Å²) in [5.74, 6) is -0.214. The van der Waals surface area contributed by atoms with Crippen LogP contribution in [0.1, 0.15) is 13.8 Å². The van der Waals surface area contributed by atoms with E-state index in [-0.39, 0.29) is 39.3 Å². The summed E-state index contributed by atoms with van der Waals surface area (Å²) in [5, 5.41) is 0.519. The number of amides is 2. The average Bonchev–Trinajstić information content (AvgIpc) is 2.84. The predicted octanol–water partition coefficient (Wildman–Crippen LogP) is 2.56. The summed E-state index contributed by atoms with van der Waals surface area (Å²) in [4.78, 5) is 21.9. The fourth-order valence-electron chi connectivity index (χ4n) is 4.28. The van der Waals surface area contributed by atoms with E-state index in [4.69, 9.17) is 32.7 Å². The third-order valence-corrected chi connectivity index (χ3v) is 8.63. The molecule has 36 heavy (non-hydrogen) atoms. The second kappa shape index (κ2) is 14.1. The van der Waals surface area contributed by atoms with Crippen LogP contribution in [0.25, 0.3) is 0 Å². The minimum absolute atomic E-state index is 0.0626. The smallest absolute Gasteiger partial charge is 0.320 e. The monoisotopic (exact) mass is 564 g/mol. The molecule has 1 aromatic rings. The van der Waals surface area contributed by atoms with Gasteiger partial charge in [0.05, 0.1) is 37.1 Å². The fraction of sp³-hybridized carbons (Fsp3) is 0.708. The second-order valence-electron chi connectivity index (χ2n) is 9.39. The van der Waals surface area contributed by atoms with Gasteiger partial charge in [-0.2, -0.15) is 0 Å². The topological polar surface area (TPSA) is 82.6 Å². The molecule has 0 saturated carbocycles. The van der Waals surface area contributed by atoms with E-state index >= 15 is 0 Å². The first-order chi connectivity index (χ1) is 17.2. The molecule has 0 bridgehead atoms. The van der Waals surface area contributed by atoms with Crippen molar-refractivity contribution in [3.8, 4) is 0 Å². The van der Waals surface area contributed by atoms with Gasteiger partial charge in [-0.25, -0.2) is 13.2 Å². The lowest BCUT2D eigenvalue weighted by Gasteiger charge is -2.36. The number of benzene rings is 1. The summed E-state index contributed by atoms with van der Waals surface area (Å²) in [6.07, 6.45) is 0. The average molecular weight is 566 g/mol. The zero-order chi connectivity index (χ0) is 26.1. The molecule has 2 saturated heterocycles. The summed E-state index contributed by atoms with van der Waals surface area (Å²) in [7, 11) is -3.68. The minimum atomic E-state index is -3.68. The molecule has 1 aromatic carbocycles. The number of carbonyl (C=O) groups is 1. The van der Waals surface area contributed by atoms with Crippen molar-refractivity contribution in [2.75, 3.05) is 91.1 Å². The van der Waals surface area contributed by atoms with Crippen LogP contribution in [0, 0.1) is 0 Å². The first kappa shape index (κ1) is 29.4. The van der Waals surface area contributed by atoms with Gasteiger partial charge < -0.3 is 19.3 Å². The van der Waals surface area contributed by atoms with E-state index in [1.54, 1.807) is 4.90 Å². The van der Waals surface area contributed by atoms with Gasteiger partial charge in [-0.3, -0.25) is 9.80 Å². The molecule has 2 heterocycles. The Balaban J connectivity index is 1.68. The van der Waals surface area contributed by atoms with E-state index in [0.717, 1.165) is 39.3 Å². The zero-order valence-electron chi connectivity index (χ0n) is 21.2. The van der Waals surface area contributed by atoms with Crippen molar-refractivity contribution in [1.82, 2.24) is 19.6 Å². The maximum absolute atomic E-state index is 13.7. The molecule has 12 heteroatoms. The molecule has 3 rings (SSSR count). The van der Waals surface area contributed by atoms with Crippen molar-refractivity contribution < 1.29 is 22.7 Å². The third kappa shape index (κ3) is 9.01. The zero-order valence-corrected chi connectivity index (χ0v) is 23.5. The number of nitrogens with zero attached hydrogens (tertiary/aromatic N) is 4. The number of hydrogen-bond acceptors (Lipinski definition) is 7. The molecule has 2 amide bonds. The van der Waals surface area contributed by atoms with E-state index in [1.165, 1.54) is 18.2 Å². The van der Waals surface area contributed by atoms with Crippen LogP contribution in [0.4, 0.5) is 4.79 Å². The summed E-state index contributed by atoms with van der Waals surface area (Å²) in [6.45, 7) is 12.7. The molecule has 2 aliphatic rings. The number of ether oxygens (including phenoxy) is 2. The van der Waals surface area contributed by atoms with Crippen LogP contribution in [0.2, 0.25) is 10.0 Å². The third-order valence-electron chi connectivity index (χ3n) is 6.52. The number of halogens is 2. The van der Waals surface area contributed by atoms with Gasteiger partial charge in [0.2, 0.25) is 0 Å². The Labute approximate surface area is 225 Å². The van der Waals surface area contributed by atoms with Gasteiger partial charge in [0.15, 0.2) is 9.84 Å². The summed E-state index contributed by atoms with van der Waals surface area (Å²) < 4.78 is 36.9. The summed E-state index contributed by atoms with van der Waals surface area (Å²) in [5.41, 5.74) is 0. The van der Waals surface area contributed by atoms with Crippen LogP contribution in [0.5, 0.6) is 0 Å². The van der Waals surface area contributed by atoms with Crippen molar-refractivity contribution in [3.63, 3.8) is 0 Å². The summed E-state index contributed by atoms with van der Waals surface area (Å²) >= 11 is 12.0. The normalized spacial score (nSPS) is 17.9. The van der Waals surface area contributed by atoms with Crippen molar-refractivity contribution in [2.45, 2.75) is 24.8 Å². The van der Waals surface area contributed by atoms with Crippen molar-refractivity contribution in [2.24, 2.45) is 0 Å². The maximum atomic E-state index is 13.7. The van der Waals surface area contributed by atoms with E-state index in [1.807, 2.05) is 18.7 Å². The van der Waals surface area contributed by atoms with Crippen LogP contribution in [-0.4, -0.2) is 131 Å². The van der Waals surface area contributed by atoms with Crippen LogP contribution in [0.3, 0.4) is 0 Å². The molecule has 0 N–H and O–H groups in total. The molecule has 0 spiro atoms. The Hall–Kier alpha value is -1.14. The molecule has 0 atom stereocenters. The molecule has 0 aromatic heterocycles. The molecule has 9 nitrogen and oxygen atoms in total. The number of carbonyl (C=O) groups excluding carboxylic acids is 1. The van der Waals surface area contributed by atoms with Gasteiger partial charge >= 0.3 is 6.03 Å². The molecule has 0 unspecified atom stereocenters. The highest BCUT2D eigenvalue weighted by molar-refractivity contribution is 7.91. The number of sulfone groups is 1. The lowest BCUT2D eigenvalue weighted by molar-refractivity contribution is 0.0269. The highest BCUT2D eigenvalue weighted by Gasteiger charge is 2.27. The highest BCUT2D eigenvalue weighted by atomic mass is 35.5. The first-order valence-corrected chi connectivity index (χ1v) is 14.9. The number of rotatable bonds is 11. The predicted molar refractivity (Wildman–Crippen MR) is 142 cm³/mol. The van der Waals surface area contributed by atoms with Gasteiger partial charge in [0, 0.05) is 75.0 Å². The largest absolute Gasteiger partial charge is 0.379 e. The lowest BCUT2D eigenvalue weighted by Crippen LogP contribution is -2.52. The van der Waals surface area contributed by atoms with Crippen LogP contribution in [-0.2, 0) is 19.3 Å². The Morgan fingerprint density at radius 1 is 0.889 bits per heavy atom. The Morgan fingerprint density at radius 2 is 1.36 bits per heavy atom. The Bertz CT molecular complexity index is 912. The molecule has 204 valence electrons. The standard InChI is InChI=1S/C24H38Cl2N4O5S/c1-20(2)30(11-16-36(32,33)23-18-21(25)17-22(26)19-23)24(31)29(5-3-27-7-12-34-13-8-27)6-4-28-9-14-35-15-10-28/h17-20H,3-16H2,1-2H3. The quantitative estimate of drug-likeness (QED) is 0.408. The fourth-order valence-corrected chi connectivity index (χ4v) is 6.22. The molecular formula is C24H38Cl2N4O5S. The Morgan fingerprint density at radius 3 is 1.81 bits per heavy atom. The van der Waals surface area contributed by atoms with Gasteiger partial charge in [0.25, 0.3) is 0 Å². The molecule has 0 aliphatic carbocycles. The van der Waals surface area contributed by atoms with Gasteiger partial charge in [-0.05, 0) is 32.0 Å². The molecular weight excluding hydrogens is 527 g/mol. The highest BCUT2D eigenvalue weighted by Crippen LogP contribution is 2.23. The van der Waals surface area contributed by atoms with Gasteiger partial charge in [-0.1, -0.05) is 23.2 Å². The first-order valence-electron chi connectivity index (χ1n) is 12.5. The van der Waals surface area contributed by atoms with Gasteiger partial charge in [-0.15, -0.1) is 0 Å². The Kier molecular flexibility index (Phi) is 11.5. The van der Waals surface area contributed by atoms with Crippen molar-refractivity contribution in [3.05, 3.63) is 28.2 Å². The SMILES string of the molecule is CC(C)N(CCS(=O)(=O)c1cc(Cl)cc(Cl)c1)C(=O)N(CCN1CCOCC1)CCN1CCOCC1. The molecule has 2 aliphatic heterocycles. The number of urea groups is 1. The van der Waals surface area contributed by atoms with Crippen LogP contribution >= 0.6 is 23.2 Å². The lowest BCUT2D eigenvalue weighted by atomic mass is 10.3. The van der Waals surface area contributed by atoms with Gasteiger partial charge in [0.1, 0.15) is 0 Å². The number of morpholine rings is 2. The van der Waals surface area contributed by atoms with E-state index < -0.39 is 9.84 Å². The second-order valence-corrected chi connectivity index (χ2v) is 12.4. The van der Waals surface area contributed by atoms with E-state index in [2.05, 4.69) is 9.80 Å². The summed E-state index contributed by atoms with van der Waals surface area (Å²) in [6, 6.07) is 3.96. The van der Waals surface area contributed by atoms with Crippen molar-refractivity contribution >= 4 is 39.1 Å². The minimum Gasteiger partial charge on any atom is -0.379 e. The van der Waals surface area contributed by atoms with Crippen molar-refractivity contribution in [1.29, 1.82) is 0 Å². The van der Waals surface area contributed by atoms with Crippen LogP contribution < -0.4 is 0 Å².